The van der Waals surface area contributed by atoms with E-state index in [1.807, 2.05) is 6.20 Å². The second-order valence-corrected chi connectivity index (χ2v) is 5.43. The summed E-state index contributed by atoms with van der Waals surface area (Å²) in [4.78, 5) is 6.78. The van der Waals surface area contributed by atoms with Gasteiger partial charge in [-0.25, -0.2) is 4.98 Å². The molecule has 0 radical (unpaired) electrons. The molecule has 3 heteroatoms. The van der Waals surface area contributed by atoms with Crippen molar-refractivity contribution in [3.63, 3.8) is 0 Å². The van der Waals surface area contributed by atoms with Crippen molar-refractivity contribution in [1.29, 1.82) is 0 Å². The van der Waals surface area contributed by atoms with Crippen LogP contribution in [0.5, 0.6) is 0 Å². The molecule has 0 bridgehead atoms. The first kappa shape index (κ1) is 15.4. The number of aromatic nitrogens is 1. The number of aryl methyl sites for hydroxylation is 2. The van der Waals surface area contributed by atoms with E-state index >= 15 is 0 Å². The Hall–Kier alpha value is -2.03. The third-order valence-corrected chi connectivity index (χ3v) is 3.61. The molecule has 0 atom stereocenters. The fraction of sp³-hybridized carbons (Fsp3) is 0.389. The monoisotopic (exact) mass is 283 g/mol. The van der Waals surface area contributed by atoms with Crippen molar-refractivity contribution in [2.45, 2.75) is 34.2 Å². The Morgan fingerprint density at radius 3 is 2.19 bits per heavy atom. The summed E-state index contributed by atoms with van der Waals surface area (Å²) in [5.74, 6) is 1.04. The molecule has 0 aliphatic heterocycles. The van der Waals surface area contributed by atoms with Gasteiger partial charge in [0.15, 0.2) is 0 Å². The molecule has 1 aromatic heterocycles. The first-order valence-electron chi connectivity index (χ1n) is 7.64. The quantitative estimate of drug-likeness (QED) is 0.863. The Morgan fingerprint density at radius 1 is 1.00 bits per heavy atom. The standard InChI is InChI=1S/C18H25N3/c1-5-21(6-2)18-8-7-17(13-20-18)19-12-16-10-14(3)9-15(4)11-16/h7-11,13,19H,5-6,12H2,1-4H3. The minimum atomic E-state index is 0.828. The van der Waals surface area contributed by atoms with Crippen molar-refractivity contribution >= 4 is 11.5 Å². The van der Waals surface area contributed by atoms with Gasteiger partial charge in [-0.1, -0.05) is 29.3 Å². The molecule has 1 aromatic carbocycles. The van der Waals surface area contributed by atoms with E-state index in [1.165, 1.54) is 16.7 Å². The highest BCUT2D eigenvalue weighted by molar-refractivity contribution is 5.49. The van der Waals surface area contributed by atoms with Crippen LogP contribution >= 0.6 is 0 Å². The van der Waals surface area contributed by atoms with Crippen LogP contribution in [0, 0.1) is 13.8 Å². The Kier molecular flexibility index (Phi) is 5.20. The number of rotatable bonds is 6. The molecule has 21 heavy (non-hydrogen) atoms. The lowest BCUT2D eigenvalue weighted by Crippen LogP contribution is -2.22. The lowest BCUT2D eigenvalue weighted by molar-refractivity contribution is 0.846. The molecular formula is C18H25N3. The lowest BCUT2D eigenvalue weighted by Gasteiger charge is -2.19. The fourth-order valence-corrected chi connectivity index (χ4v) is 2.60. The van der Waals surface area contributed by atoms with Crippen molar-refractivity contribution in [3.8, 4) is 0 Å². The summed E-state index contributed by atoms with van der Waals surface area (Å²) in [7, 11) is 0. The van der Waals surface area contributed by atoms with Gasteiger partial charge in [0.1, 0.15) is 5.82 Å². The number of nitrogens with zero attached hydrogens (tertiary/aromatic N) is 2. The molecule has 2 rings (SSSR count). The minimum Gasteiger partial charge on any atom is -0.380 e. The van der Waals surface area contributed by atoms with Crippen LogP contribution in [0.1, 0.15) is 30.5 Å². The molecule has 2 aromatic rings. The van der Waals surface area contributed by atoms with E-state index < -0.39 is 0 Å². The predicted molar refractivity (Wildman–Crippen MR) is 91.0 cm³/mol. The van der Waals surface area contributed by atoms with Crippen LogP contribution in [0.15, 0.2) is 36.5 Å². The van der Waals surface area contributed by atoms with E-state index in [-0.39, 0.29) is 0 Å². The van der Waals surface area contributed by atoms with E-state index in [2.05, 4.69) is 73.2 Å². The van der Waals surface area contributed by atoms with Gasteiger partial charge in [0.05, 0.1) is 11.9 Å². The smallest absolute Gasteiger partial charge is 0.128 e. The van der Waals surface area contributed by atoms with Crippen LogP contribution in [-0.2, 0) is 6.54 Å². The molecule has 0 amide bonds. The molecule has 0 saturated heterocycles. The van der Waals surface area contributed by atoms with Gasteiger partial charge < -0.3 is 10.2 Å². The number of benzene rings is 1. The van der Waals surface area contributed by atoms with Crippen LogP contribution in [-0.4, -0.2) is 18.1 Å². The number of anilines is 2. The zero-order valence-corrected chi connectivity index (χ0v) is 13.5. The number of hydrogen-bond donors (Lipinski definition) is 1. The zero-order chi connectivity index (χ0) is 15.2. The summed E-state index contributed by atoms with van der Waals surface area (Å²) in [6.45, 7) is 11.4. The maximum Gasteiger partial charge on any atom is 0.128 e. The molecular weight excluding hydrogens is 258 g/mol. The minimum absolute atomic E-state index is 0.828. The topological polar surface area (TPSA) is 28.2 Å². The maximum atomic E-state index is 4.53. The van der Waals surface area contributed by atoms with E-state index in [0.717, 1.165) is 31.1 Å². The first-order valence-corrected chi connectivity index (χ1v) is 7.64. The predicted octanol–water partition coefficient (Wildman–Crippen LogP) is 4.16. The summed E-state index contributed by atoms with van der Waals surface area (Å²) in [5, 5.41) is 3.44. The van der Waals surface area contributed by atoms with Gasteiger partial charge in [-0.15, -0.1) is 0 Å². The Balaban J connectivity index is 2.00. The van der Waals surface area contributed by atoms with Crippen molar-refractivity contribution < 1.29 is 0 Å². The van der Waals surface area contributed by atoms with Crippen molar-refractivity contribution in [3.05, 3.63) is 53.2 Å². The molecule has 112 valence electrons. The maximum absolute atomic E-state index is 4.53. The molecule has 1 N–H and O–H groups in total. The van der Waals surface area contributed by atoms with Crippen molar-refractivity contribution in [2.24, 2.45) is 0 Å². The summed E-state index contributed by atoms with van der Waals surface area (Å²) in [6.07, 6.45) is 1.91. The van der Waals surface area contributed by atoms with Crippen molar-refractivity contribution in [2.75, 3.05) is 23.3 Å². The van der Waals surface area contributed by atoms with Crippen LogP contribution in [0.2, 0.25) is 0 Å². The largest absolute Gasteiger partial charge is 0.380 e. The highest BCUT2D eigenvalue weighted by atomic mass is 15.2. The van der Waals surface area contributed by atoms with Crippen LogP contribution in [0.4, 0.5) is 11.5 Å². The summed E-state index contributed by atoms with van der Waals surface area (Å²) in [6, 6.07) is 10.8. The number of nitrogens with one attached hydrogen (secondary N) is 1. The average Bonchev–Trinajstić information content (AvgIpc) is 2.47. The van der Waals surface area contributed by atoms with E-state index in [1.54, 1.807) is 0 Å². The van der Waals surface area contributed by atoms with Crippen LogP contribution in [0.25, 0.3) is 0 Å². The highest BCUT2D eigenvalue weighted by Crippen LogP contribution is 2.15. The SMILES string of the molecule is CCN(CC)c1ccc(NCc2cc(C)cc(C)c2)cn1. The van der Waals surface area contributed by atoms with Gasteiger partial charge in [0.25, 0.3) is 0 Å². The van der Waals surface area contributed by atoms with E-state index in [9.17, 15) is 0 Å². The fourth-order valence-electron chi connectivity index (χ4n) is 2.60. The van der Waals surface area contributed by atoms with E-state index in [4.69, 9.17) is 0 Å². The van der Waals surface area contributed by atoms with Gasteiger partial charge in [-0.2, -0.15) is 0 Å². The molecule has 1 heterocycles. The van der Waals surface area contributed by atoms with Crippen LogP contribution < -0.4 is 10.2 Å². The third-order valence-electron chi connectivity index (χ3n) is 3.61. The average molecular weight is 283 g/mol. The molecule has 0 unspecified atom stereocenters. The molecule has 0 saturated carbocycles. The van der Waals surface area contributed by atoms with E-state index in [0.29, 0.717) is 0 Å². The van der Waals surface area contributed by atoms with Gasteiger partial charge in [-0.3, -0.25) is 0 Å². The Morgan fingerprint density at radius 2 is 1.67 bits per heavy atom. The van der Waals surface area contributed by atoms with Gasteiger partial charge in [-0.05, 0) is 45.4 Å². The van der Waals surface area contributed by atoms with Gasteiger partial charge in [0, 0.05) is 19.6 Å². The van der Waals surface area contributed by atoms with Gasteiger partial charge in [0.2, 0.25) is 0 Å². The van der Waals surface area contributed by atoms with Crippen LogP contribution in [0.3, 0.4) is 0 Å². The molecule has 0 fully saturated rings. The molecule has 0 spiro atoms. The Labute approximate surface area is 128 Å². The second kappa shape index (κ2) is 7.11. The Bertz CT molecular complexity index is 551. The third kappa shape index (κ3) is 4.22. The highest BCUT2D eigenvalue weighted by Gasteiger charge is 2.03. The number of hydrogen-bond acceptors (Lipinski definition) is 3. The van der Waals surface area contributed by atoms with Gasteiger partial charge >= 0.3 is 0 Å². The molecule has 0 aliphatic rings. The summed E-state index contributed by atoms with van der Waals surface area (Å²) in [5.41, 5.74) is 4.98. The first-order chi connectivity index (χ1) is 10.1. The molecule has 0 aliphatic carbocycles. The zero-order valence-electron chi connectivity index (χ0n) is 13.5. The molecule has 3 nitrogen and oxygen atoms in total. The number of pyridine rings is 1. The second-order valence-electron chi connectivity index (χ2n) is 5.43. The van der Waals surface area contributed by atoms with Crippen molar-refractivity contribution in [1.82, 2.24) is 4.98 Å². The summed E-state index contributed by atoms with van der Waals surface area (Å²) >= 11 is 0. The lowest BCUT2D eigenvalue weighted by atomic mass is 10.1. The summed E-state index contributed by atoms with van der Waals surface area (Å²) < 4.78 is 0. The normalized spacial score (nSPS) is 10.5.